The van der Waals surface area contributed by atoms with E-state index in [9.17, 15) is 9.59 Å². The molecule has 1 atom stereocenters. The summed E-state index contributed by atoms with van der Waals surface area (Å²) in [5, 5.41) is 6.14. The van der Waals surface area contributed by atoms with E-state index >= 15 is 0 Å². The zero-order valence-electron chi connectivity index (χ0n) is 13.2. The van der Waals surface area contributed by atoms with Gasteiger partial charge < -0.3 is 14.6 Å². The van der Waals surface area contributed by atoms with Gasteiger partial charge in [-0.05, 0) is 32.4 Å². The fourth-order valence-electron chi connectivity index (χ4n) is 1.76. The Balaban J connectivity index is 1.86. The van der Waals surface area contributed by atoms with Gasteiger partial charge in [0.25, 0.3) is 5.91 Å². The molecule has 23 heavy (non-hydrogen) atoms. The second kappa shape index (κ2) is 7.40. The van der Waals surface area contributed by atoms with Crippen LogP contribution in [0.15, 0.2) is 40.9 Å². The molecule has 1 N–H and O–H groups in total. The van der Waals surface area contributed by atoms with Gasteiger partial charge in [0.15, 0.2) is 11.9 Å². The molecule has 120 valence electrons. The number of nitrogens with one attached hydrogen (secondary N) is 1. The minimum Gasteiger partial charge on any atom is -0.449 e. The quantitative estimate of drug-likeness (QED) is 0.678. The Hall–Kier alpha value is -2.89. The Morgan fingerprint density at radius 2 is 1.96 bits per heavy atom. The molecule has 1 amide bonds. The van der Waals surface area contributed by atoms with Crippen LogP contribution in [0.3, 0.4) is 0 Å². The van der Waals surface area contributed by atoms with E-state index in [1.165, 1.54) is 13.0 Å². The Morgan fingerprint density at radius 3 is 2.57 bits per heavy atom. The predicted molar refractivity (Wildman–Crippen MR) is 85.6 cm³/mol. The minimum atomic E-state index is -0.942. The first-order chi connectivity index (χ1) is 10.9. The number of nitrogens with zero attached hydrogens (tertiary/aromatic N) is 1. The van der Waals surface area contributed by atoms with E-state index in [0.29, 0.717) is 5.76 Å². The molecule has 0 aliphatic rings. The molecule has 0 radical (unpaired) electrons. The first-order valence-electron chi connectivity index (χ1n) is 7.13. The summed E-state index contributed by atoms with van der Waals surface area (Å²) < 4.78 is 9.88. The monoisotopic (exact) mass is 314 g/mol. The molecule has 0 aliphatic carbocycles. The average Bonchev–Trinajstić information content (AvgIpc) is 2.91. The highest BCUT2D eigenvalue weighted by atomic mass is 16.5. The molecule has 6 nitrogen and oxygen atoms in total. The van der Waals surface area contributed by atoms with E-state index < -0.39 is 18.0 Å². The van der Waals surface area contributed by atoms with Crippen LogP contribution in [0.4, 0.5) is 5.82 Å². The zero-order valence-corrected chi connectivity index (χ0v) is 13.2. The molecule has 0 aliphatic heterocycles. The molecular formula is C17H18N2O4. The smallest absolute Gasteiger partial charge is 0.331 e. The van der Waals surface area contributed by atoms with Gasteiger partial charge in [0.05, 0.1) is 0 Å². The third kappa shape index (κ3) is 5.10. The number of anilines is 1. The number of aryl methyl sites for hydroxylation is 2. The largest absolute Gasteiger partial charge is 0.449 e. The molecule has 0 bridgehead atoms. The number of amides is 1. The van der Waals surface area contributed by atoms with Crippen molar-refractivity contribution < 1.29 is 18.8 Å². The van der Waals surface area contributed by atoms with Crippen molar-refractivity contribution in [2.24, 2.45) is 0 Å². The van der Waals surface area contributed by atoms with Crippen LogP contribution in [-0.2, 0) is 14.3 Å². The van der Waals surface area contributed by atoms with Crippen molar-refractivity contribution in [1.82, 2.24) is 5.16 Å². The van der Waals surface area contributed by atoms with Crippen LogP contribution in [0.25, 0.3) is 6.08 Å². The van der Waals surface area contributed by atoms with E-state index in [1.807, 2.05) is 31.2 Å². The van der Waals surface area contributed by atoms with E-state index in [2.05, 4.69) is 10.5 Å². The normalized spacial score (nSPS) is 12.1. The second-order valence-electron chi connectivity index (χ2n) is 5.14. The molecule has 0 saturated heterocycles. The summed E-state index contributed by atoms with van der Waals surface area (Å²) >= 11 is 0. The van der Waals surface area contributed by atoms with E-state index in [4.69, 9.17) is 9.26 Å². The lowest BCUT2D eigenvalue weighted by molar-refractivity contribution is -0.148. The molecule has 0 spiro atoms. The number of hydrogen-bond acceptors (Lipinski definition) is 5. The SMILES string of the molecule is Cc1ccc(/C=C/C(=O)O[C@@H](C)C(=O)Nc2cc(C)on2)cc1. The maximum atomic E-state index is 11.9. The molecule has 0 saturated carbocycles. The highest BCUT2D eigenvalue weighted by Gasteiger charge is 2.17. The van der Waals surface area contributed by atoms with E-state index in [-0.39, 0.29) is 5.82 Å². The maximum Gasteiger partial charge on any atom is 0.331 e. The highest BCUT2D eigenvalue weighted by molar-refractivity contribution is 5.96. The number of aromatic nitrogens is 1. The number of carbonyl (C=O) groups excluding carboxylic acids is 2. The summed E-state index contributed by atoms with van der Waals surface area (Å²) in [5.41, 5.74) is 2.01. The van der Waals surface area contributed by atoms with Crippen LogP contribution in [0.2, 0.25) is 0 Å². The summed E-state index contributed by atoms with van der Waals surface area (Å²) in [4.78, 5) is 23.6. The van der Waals surface area contributed by atoms with Crippen molar-refractivity contribution in [3.8, 4) is 0 Å². The first kappa shape index (κ1) is 16.5. The second-order valence-corrected chi connectivity index (χ2v) is 5.14. The van der Waals surface area contributed by atoms with Gasteiger partial charge in [0.2, 0.25) is 0 Å². The Bertz CT molecular complexity index is 716. The Morgan fingerprint density at radius 1 is 1.26 bits per heavy atom. The zero-order chi connectivity index (χ0) is 16.8. The topological polar surface area (TPSA) is 81.4 Å². The van der Waals surface area contributed by atoms with Gasteiger partial charge in [-0.25, -0.2) is 4.79 Å². The minimum absolute atomic E-state index is 0.283. The van der Waals surface area contributed by atoms with Crippen molar-refractivity contribution in [3.05, 3.63) is 53.3 Å². The third-order valence-corrected chi connectivity index (χ3v) is 3.03. The Labute approximate surface area is 134 Å². The number of ether oxygens (including phenoxy) is 1. The van der Waals surface area contributed by atoms with Gasteiger partial charge >= 0.3 is 5.97 Å². The van der Waals surface area contributed by atoms with Crippen molar-refractivity contribution in [3.63, 3.8) is 0 Å². The number of carbonyl (C=O) groups is 2. The number of rotatable bonds is 5. The number of benzene rings is 1. The lowest BCUT2D eigenvalue weighted by atomic mass is 10.1. The molecule has 0 fully saturated rings. The summed E-state index contributed by atoms with van der Waals surface area (Å²) in [6.07, 6.45) is 1.98. The first-order valence-corrected chi connectivity index (χ1v) is 7.13. The predicted octanol–water partition coefficient (Wildman–Crippen LogP) is 2.88. The standard InChI is InChI=1S/C17H18N2O4/c1-11-4-6-14(7-5-11)8-9-16(20)22-13(3)17(21)18-15-10-12(2)23-19-15/h4-10,13H,1-3H3,(H,18,19,21)/b9-8+/t13-/m0/s1. The fourth-order valence-corrected chi connectivity index (χ4v) is 1.76. The van der Waals surface area contributed by atoms with Crippen LogP contribution in [0, 0.1) is 13.8 Å². The van der Waals surface area contributed by atoms with Gasteiger partial charge in [-0.2, -0.15) is 0 Å². The molecule has 1 aromatic carbocycles. The number of hydrogen-bond donors (Lipinski definition) is 1. The van der Waals surface area contributed by atoms with Gasteiger partial charge in [0.1, 0.15) is 5.76 Å². The molecule has 2 aromatic rings. The summed E-state index contributed by atoms with van der Waals surface area (Å²) in [6.45, 7) is 5.18. The van der Waals surface area contributed by atoms with Gasteiger partial charge in [-0.1, -0.05) is 35.0 Å². The molecule has 0 unspecified atom stereocenters. The van der Waals surface area contributed by atoms with Crippen molar-refractivity contribution in [1.29, 1.82) is 0 Å². The van der Waals surface area contributed by atoms with Gasteiger partial charge in [-0.3, -0.25) is 4.79 Å². The molecule has 2 rings (SSSR count). The maximum absolute atomic E-state index is 11.9. The molecule has 6 heteroatoms. The highest BCUT2D eigenvalue weighted by Crippen LogP contribution is 2.09. The van der Waals surface area contributed by atoms with E-state index in [0.717, 1.165) is 11.1 Å². The lowest BCUT2D eigenvalue weighted by Crippen LogP contribution is -2.29. The van der Waals surface area contributed by atoms with Gasteiger partial charge in [0, 0.05) is 12.1 Å². The third-order valence-electron chi connectivity index (χ3n) is 3.03. The van der Waals surface area contributed by atoms with Crippen LogP contribution in [0.1, 0.15) is 23.8 Å². The summed E-state index contributed by atoms with van der Waals surface area (Å²) in [7, 11) is 0. The van der Waals surface area contributed by atoms with Crippen molar-refractivity contribution in [2.45, 2.75) is 26.9 Å². The molecule has 1 aromatic heterocycles. The molecular weight excluding hydrogens is 296 g/mol. The van der Waals surface area contributed by atoms with Crippen LogP contribution in [0.5, 0.6) is 0 Å². The van der Waals surface area contributed by atoms with E-state index in [1.54, 1.807) is 19.1 Å². The number of esters is 1. The van der Waals surface area contributed by atoms with Crippen LogP contribution >= 0.6 is 0 Å². The van der Waals surface area contributed by atoms with Crippen molar-refractivity contribution in [2.75, 3.05) is 5.32 Å². The van der Waals surface area contributed by atoms with Crippen LogP contribution < -0.4 is 5.32 Å². The average molecular weight is 314 g/mol. The van der Waals surface area contributed by atoms with Crippen LogP contribution in [-0.4, -0.2) is 23.1 Å². The fraction of sp³-hybridized carbons (Fsp3) is 0.235. The lowest BCUT2D eigenvalue weighted by Gasteiger charge is -2.10. The molecule has 1 heterocycles. The van der Waals surface area contributed by atoms with Gasteiger partial charge in [-0.15, -0.1) is 0 Å². The summed E-state index contributed by atoms with van der Waals surface area (Å²) in [5.74, 6) is -0.212. The van der Waals surface area contributed by atoms with Crippen molar-refractivity contribution >= 4 is 23.8 Å². The summed E-state index contributed by atoms with van der Waals surface area (Å²) in [6, 6.07) is 9.25. The Kier molecular flexibility index (Phi) is 5.30.